The van der Waals surface area contributed by atoms with Crippen LogP contribution in [0.2, 0.25) is 0 Å². The molecule has 1 N–H and O–H groups in total. The number of likely N-dealkylation sites (N-methyl/N-ethyl adjacent to an activating group) is 1. The van der Waals surface area contributed by atoms with Gasteiger partial charge in [-0.3, -0.25) is 5.10 Å². The molecule has 8 heteroatoms. The van der Waals surface area contributed by atoms with Crippen molar-refractivity contribution >= 4 is 0 Å². The van der Waals surface area contributed by atoms with Crippen molar-refractivity contribution in [3.63, 3.8) is 0 Å². The summed E-state index contributed by atoms with van der Waals surface area (Å²) in [5, 5.41) is 19.5. The van der Waals surface area contributed by atoms with Crippen LogP contribution in [0.1, 0.15) is 17.0 Å². The second-order valence-corrected chi connectivity index (χ2v) is 5.50. The molecule has 22 heavy (non-hydrogen) atoms. The Kier molecular flexibility index (Phi) is 2.97. The largest absolute Gasteiger partial charge is 0.332 e. The van der Waals surface area contributed by atoms with Crippen molar-refractivity contribution in [2.24, 2.45) is 0 Å². The molecule has 1 aliphatic rings. The van der Waals surface area contributed by atoms with Gasteiger partial charge in [0.25, 0.3) is 5.89 Å². The first-order valence-corrected chi connectivity index (χ1v) is 7.10. The molecule has 3 aromatic rings. The van der Waals surface area contributed by atoms with Crippen LogP contribution in [0.4, 0.5) is 0 Å². The third-order valence-electron chi connectivity index (χ3n) is 3.78. The second kappa shape index (κ2) is 4.99. The van der Waals surface area contributed by atoms with Crippen molar-refractivity contribution in [1.29, 1.82) is 0 Å². The van der Waals surface area contributed by atoms with Crippen molar-refractivity contribution in [2.75, 3.05) is 13.6 Å². The van der Waals surface area contributed by atoms with Crippen LogP contribution in [0.15, 0.2) is 16.7 Å². The highest BCUT2D eigenvalue weighted by molar-refractivity contribution is 5.58. The summed E-state index contributed by atoms with van der Waals surface area (Å²) in [6.45, 7) is 3.72. The molecular weight excluding hydrogens is 282 g/mol. The first-order valence-electron chi connectivity index (χ1n) is 7.10. The molecule has 4 heterocycles. The smallest absolute Gasteiger partial charge is 0.279 e. The second-order valence-electron chi connectivity index (χ2n) is 5.50. The zero-order valence-electron chi connectivity index (χ0n) is 12.4. The summed E-state index contributed by atoms with van der Waals surface area (Å²) in [6, 6.07) is 3.69. The van der Waals surface area contributed by atoms with Crippen LogP contribution < -0.4 is 0 Å². The number of fused-ring (bicyclic) bond motifs is 1. The molecule has 0 unspecified atom stereocenters. The molecule has 112 valence electrons. The van der Waals surface area contributed by atoms with Gasteiger partial charge in [-0.15, -0.1) is 5.10 Å². The van der Waals surface area contributed by atoms with Gasteiger partial charge in [0.15, 0.2) is 5.69 Å². The molecule has 0 fully saturated rings. The zero-order valence-corrected chi connectivity index (χ0v) is 12.4. The van der Waals surface area contributed by atoms with Gasteiger partial charge in [0.1, 0.15) is 5.69 Å². The fourth-order valence-corrected chi connectivity index (χ4v) is 2.55. The van der Waals surface area contributed by atoms with Crippen molar-refractivity contribution < 1.29 is 4.52 Å². The van der Waals surface area contributed by atoms with Gasteiger partial charge in [-0.05, 0) is 26.1 Å². The van der Waals surface area contributed by atoms with Gasteiger partial charge in [-0.2, -0.15) is 15.2 Å². The highest BCUT2D eigenvalue weighted by Gasteiger charge is 2.24. The number of aromatic nitrogens is 6. The third-order valence-corrected chi connectivity index (χ3v) is 3.78. The number of hydrogen-bond donors (Lipinski definition) is 1. The molecule has 3 aromatic heterocycles. The van der Waals surface area contributed by atoms with Gasteiger partial charge >= 0.3 is 0 Å². The van der Waals surface area contributed by atoms with Crippen LogP contribution in [0, 0.1) is 6.92 Å². The van der Waals surface area contributed by atoms with Gasteiger partial charge in [0, 0.05) is 30.8 Å². The van der Waals surface area contributed by atoms with Gasteiger partial charge in [-0.1, -0.05) is 5.16 Å². The highest BCUT2D eigenvalue weighted by atomic mass is 16.5. The van der Waals surface area contributed by atoms with E-state index < -0.39 is 0 Å². The van der Waals surface area contributed by atoms with Gasteiger partial charge in [0.2, 0.25) is 5.82 Å². The predicted molar refractivity (Wildman–Crippen MR) is 77.7 cm³/mol. The molecule has 0 radical (unpaired) electrons. The Morgan fingerprint density at radius 1 is 1.27 bits per heavy atom. The van der Waals surface area contributed by atoms with Crippen LogP contribution in [-0.4, -0.2) is 49.0 Å². The summed E-state index contributed by atoms with van der Waals surface area (Å²) in [7, 11) is 2.08. The van der Waals surface area contributed by atoms with Crippen LogP contribution in [0.25, 0.3) is 23.1 Å². The lowest BCUT2D eigenvalue weighted by atomic mass is 10.1. The van der Waals surface area contributed by atoms with E-state index in [0.29, 0.717) is 17.4 Å². The van der Waals surface area contributed by atoms with Gasteiger partial charge < -0.3 is 9.42 Å². The Bertz CT molecular complexity index is 805. The molecule has 0 aliphatic carbocycles. The Labute approximate surface area is 126 Å². The monoisotopic (exact) mass is 297 g/mol. The molecule has 8 nitrogen and oxygen atoms in total. The summed E-state index contributed by atoms with van der Waals surface area (Å²) in [5.74, 6) is 0.827. The van der Waals surface area contributed by atoms with E-state index in [9.17, 15) is 0 Å². The first-order chi connectivity index (χ1) is 10.7. The van der Waals surface area contributed by atoms with Gasteiger partial charge in [0.05, 0.1) is 5.69 Å². The minimum Gasteiger partial charge on any atom is -0.332 e. The van der Waals surface area contributed by atoms with E-state index in [-0.39, 0.29) is 0 Å². The van der Waals surface area contributed by atoms with Crippen molar-refractivity contribution in [3.05, 3.63) is 29.1 Å². The zero-order chi connectivity index (χ0) is 15.1. The molecule has 0 amide bonds. The fourth-order valence-electron chi connectivity index (χ4n) is 2.55. The van der Waals surface area contributed by atoms with E-state index in [4.69, 9.17) is 4.52 Å². The summed E-state index contributed by atoms with van der Waals surface area (Å²) < 4.78 is 5.37. The average Bonchev–Trinajstić information content (AvgIpc) is 3.14. The van der Waals surface area contributed by atoms with E-state index in [1.54, 1.807) is 0 Å². The van der Waals surface area contributed by atoms with E-state index in [1.165, 1.54) is 0 Å². The molecule has 0 saturated heterocycles. The molecule has 0 spiro atoms. The van der Waals surface area contributed by atoms with Crippen LogP contribution in [-0.2, 0) is 13.0 Å². The quantitative estimate of drug-likeness (QED) is 0.759. The number of aromatic amines is 1. The average molecular weight is 297 g/mol. The minimum absolute atomic E-state index is 0.408. The maximum atomic E-state index is 5.37. The molecule has 0 aromatic carbocycles. The molecule has 4 rings (SSSR count). The van der Waals surface area contributed by atoms with Crippen molar-refractivity contribution in [1.82, 2.24) is 35.4 Å². The molecule has 0 saturated carbocycles. The maximum absolute atomic E-state index is 5.37. The van der Waals surface area contributed by atoms with E-state index >= 15 is 0 Å². The maximum Gasteiger partial charge on any atom is 0.279 e. The Morgan fingerprint density at radius 3 is 3.00 bits per heavy atom. The Morgan fingerprint density at radius 2 is 2.18 bits per heavy atom. The normalized spacial score (nSPS) is 15.0. The molecule has 1 aliphatic heterocycles. The minimum atomic E-state index is 0.408. The van der Waals surface area contributed by atoms with E-state index in [2.05, 4.69) is 42.5 Å². The number of hydrogen-bond acceptors (Lipinski definition) is 7. The lowest BCUT2D eigenvalue weighted by molar-refractivity contribution is 0.311. The number of nitrogens with one attached hydrogen (secondary N) is 1. The predicted octanol–water partition coefficient (Wildman–Crippen LogP) is 1.21. The standard InChI is InChI=1S/C14H15N7O/c1-8-3-4-11(18-16-8)13-15-14(22-20-13)12-9-7-21(2)6-5-10(9)17-19-12/h3-4H,5-7H2,1-2H3,(H,17,19). The fraction of sp³-hybridized carbons (Fsp3) is 0.357. The van der Waals surface area contributed by atoms with Crippen molar-refractivity contribution in [3.8, 4) is 23.1 Å². The summed E-state index contributed by atoms with van der Waals surface area (Å²) in [4.78, 5) is 6.64. The topological polar surface area (TPSA) is 96.6 Å². The SMILES string of the molecule is Cc1ccc(-c2noc(-c3n[nH]c4c3CN(C)CC4)n2)nn1. The number of nitrogens with zero attached hydrogens (tertiary/aromatic N) is 6. The highest BCUT2D eigenvalue weighted by Crippen LogP contribution is 2.27. The summed E-state index contributed by atoms with van der Waals surface area (Å²) >= 11 is 0. The Balaban J connectivity index is 1.70. The number of H-pyrrole nitrogens is 1. The summed E-state index contributed by atoms with van der Waals surface area (Å²) in [6.07, 6.45) is 0.948. The summed E-state index contributed by atoms with van der Waals surface area (Å²) in [5.41, 5.74) is 4.42. The first kappa shape index (κ1) is 13.1. The van der Waals surface area contributed by atoms with E-state index in [1.807, 2.05) is 19.1 Å². The van der Waals surface area contributed by atoms with E-state index in [0.717, 1.165) is 42.2 Å². The third kappa shape index (κ3) is 2.17. The molecular formula is C14H15N7O. The number of rotatable bonds is 2. The molecule has 0 atom stereocenters. The van der Waals surface area contributed by atoms with Crippen LogP contribution in [0.3, 0.4) is 0 Å². The Hall–Kier alpha value is -2.61. The molecule has 0 bridgehead atoms. The number of aryl methyl sites for hydroxylation is 1. The van der Waals surface area contributed by atoms with Crippen LogP contribution >= 0.6 is 0 Å². The van der Waals surface area contributed by atoms with Crippen LogP contribution in [0.5, 0.6) is 0 Å². The lowest BCUT2D eigenvalue weighted by Crippen LogP contribution is -2.26. The lowest BCUT2D eigenvalue weighted by Gasteiger charge is -2.21. The van der Waals surface area contributed by atoms with Gasteiger partial charge in [-0.25, -0.2) is 0 Å². The van der Waals surface area contributed by atoms with Crippen molar-refractivity contribution in [2.45, 2.75) is 19.9 Å².